The average Bonchev–Trinajstić information content (AvgIpc) is 3.17. The highest BCUT2D eigenvalue weighted by molar-refractivity contribution is 7.91. The largest absolute Gasteiger partial charge is 0.379 e. The number of thiazole rings is 1. The van der Waals surface area contributed by atoms with E-state index >= 15 is 0 Å². The van der Waals surface area contributed by atoms with Crippen LogP contribution in [0.25, 0.3) is 10.2 Å². The van der Waals surface area contributed by atoms with Crippen LogP contribution in [0.3, 0.4) is 0 Å². The van der Waals surface area contributed by atoms with Crippen molar-refractivity contribution in [2.75, 3.05) is 50.5 Å². The zero-order valence-corrected chi connectivity index (χ0v) is 19.8. The van der Waals surface area contributed by atoms with Gasteiger partial charge in [0.2, 0.25) is 0 Å². The van der Waals surface area contributed by atoms with Crippen LogP contribution in [0.1, 0.15) is 10.4 Å². The molecule has 0 N–H and O–H groups in total. The summed E-state index contributed by atoms with van der Waals surface area (Å²) in [5.74, 6) is -0.879. The van der Waals surface area contributed by atoms with Crippen molar-refractivity contribution in [3.8, 4) is 0 Å². The molecule has 172 valence electrons. The summed E-state index contributed by atoms with van der Waals surface area (Å²) in [5.41, 5.74) is 0.554. The van der Waals surface area contributed by atoms with Crippen molar-refractivity contribution in [3.05, 3.63) is 53.8 Å². The second-order valence-corrected chi connectivity index (χ2v) is 10.3. The number of anilines is 1. The van der Waals surface area contributed by atoms with E-state index in [4.69, 9.17) is 4.74 Å². The number of carbonyl (C=O) groups excluding carboxylic acids is 1. The van der Waals surface area contributed by atoms with E-state index in [1.807, 2.05) is 0 Å². The van der Waals surface area contributed by atoms with Gasteiger partial charge in [-0.3, -0.25) is 14.6 Å². The molecule has 3 aromatic rings. The maximum absolute atomic E-state index is 13.7. The quantitative estimate of drug-likeness (QED) is 0.518. The summed E-state index contributed by atoms with van der Waals surface area (Å²) in [6, 6.07) is 10.5. The summed E-state index contributed by atoms with van der Waals surface area (Å²) < 4.78 is 44.1. The number of sulfone groups is 1. The number of carbonyl (C=O) groups is 1. The van der Waals surface area contributed by atoms with Crippen LogP contribution in [0.15, 0.2) is 47.4 Å². The fourth-order valence-electron chi connectivity index (χ4n) is 3.45. The van der Waals surface area contributed by atoms with Gasteiger partial charge in [-0.1, -0.05) is 23.5 Å². The van der Waals surface area contributed by atoms with Gasteiger partial charge in [0.1, 0.15) is 11.3 Å². The Bertz CT molecular complexity index is 1210. The normalized spacial score (nSPS) is 14.8. The molecular weight excluding hydrogens is 477 g/mol. The number of hydrogen-bond donors (Lipinski definition) is 0. The number of morpholine rings is 1. The number of benzene rings is 2. The van der Waals surface area contributed by atoms with E-state index in [9.17, 15) is 17.6 Å². The van der Waals surface area contributed by atoms with Crippen molar-refractivity contribution in [2.45, 2.75) is 4.90 Å². The minimum Gasteiger partial charge on any atom is -0.379 e. The lowest BCUT2D eigenvalue weighted by Gasteiger charge is -2.29. The molecule has 7 nitrogen and oxygen atoms in total. The van der Waals surface area contributed by atoms with Crippen LogP contribution in [0.2, 0.25) is 0 Å². The van der Waals surface area contributed by atoms with Crippen molar-refractivity contribution >= 4 is 54.8 Å². The zero-order valence-electron chi connectivity index (χ0n) is 17.4. The van der Waals surface area contributed by atoms with Crippen LogP contribution in [-0.2, 0) is 14.6 Å². The Morgan fingerprint density at radius 2 is 1.94 bits per heavy atom. The van der Waals surface area contributed by atoms with Gasteiger partial charge in [-0.05, 0) is 30.3 Å². The number of fused-ring (bicyclic) bond motifs is 1. The van der Waals surface area contributed by atoms with Crippen LogP contribution in [0.4, 0.5) is 9.52 Å². The molecule has 1 saturated heterocycles. The van der Waals surface area contributed by atoms with E-state index in [0.717, 1.165) is 19.3 Å². The highest BCUT2D eigenvalue weighted by Crippen LogP contribution is 2.33. The van der Waals surface area contributed by atoms with Crippen LogP contribution >= 0.6 is 23.7 Å². The molecule has 0 radical (unpaired) electrons. The van der Waals surface area contributed by atoms with E-state index in [0.29, 0.717) is 41.7 Å². The van der Waals surface area contributed by atoms with Crippen molar-refractivity contribution in [1.29, 1.82) is 0 Å². The lowest BCUT2D eigenvalue weighted by atomic mass is 10.2. The van der Waals surface area contributed by atoms with Gasteiger partial charge in [0.25, 0.3) is 5.91 Å². The number of halogens is 2. The first-order valence-electron chi connectivity index (χ1n) is 9.80. The topological polar surface area (TPSA) is 79.8 Å². The van der Waals surface area contributed by atoms with Gasteiger partial charge >= 0.3 is 0 Å². The van der Waals surface area contributed by atoms with Crippen LogP contribution in [0, 0.1) is 5.82 Å². The Hall–Kier alpha value is -2.11. The first-order valence-corrected chi connectivity index (χ1v) is 12.5. The number of amides is 1. The summed E-state index contributed by atoms with van der Waals surface area (Å²) in [6.45, 7) is 3.73. The smallest absolute Gasteiger partial charge is 0.260 e. The molecular formula is C21H23ClFN3O4S2. The maximum atomic E-state index is 13.7. The van der Waals surface area contributed by atoms with Crippen LogP contribution < -0.4 is 4.90 Å². The van der Waals surface area contributed by atoms with Gasteiger partial charge in [0.15, 0.2) is 15.0 Å². The second kappa shape index (κ2) is 10.2. The van der Waals surface area contributed by atoms with Crippen LogP contribution in [-0.4, -0.2) is 69.9 Å². The molecule has 2 heterocycles. The van der Waals surface area contributed by atoms with Gasteiger partial charge < -0.3 is 4.74 Å². The first-order chi connectivity index (χ1) is 14.8. The summed E-state index contributed by atoms with van der Waals surface area (Å²) in [4.78, 5) is 21.6. The molecule has 0 atom stereocenters. The van der Waals surface area contributed by atoms with Crippen molar-refractivity contribution in [2.24, 2.45) is 0 Å². The van der Waals surface area contributed by atoms with Gasteiger partial charge in [-0.2, -0.15) is 0 Å². The monoisotopic (exact) mass is 499 g/mol. The zero-order chi connectivity index (χ0) is 22.0. The highest BCUT2D eigenvalue weighted by Gasteiger charge is 2.25. The highest BCUT2D eigenvalue weighted by atomic mass is 35.5. The van der Waals surface area contributed by atoms with E-state index in [2.05, 4.69) is 9.88 Å². The lowest BCUT2D eigenvalue weighted by molar-refractivity contribution is 0.0391. The third-order valence-corrected chi connectivity index (χ3v) is 7.23. The fraction of sp³-hybridized carbons (Fsp3) is 0.333. The van der Waals surface area contributed by atoms with Gasteiger partial charge in [0.05, 0.1) is 22.8 Å². The molecule has 2 aromatic carbocycles. The Balaban J connectivity index is 0.00000289. The van der Waals surface area contributed by atoms with E-state index in [-0.39, 0.29) is 28.8 Å². The molecule has 1 aromatic heterocycles. The standard InChI is InChI=1S/C21H22FN3O4S2.ClH/c1-31(27,28)18-7-3-6-17-19(18)23-21(30-17)25(9-8-24-10-12-29-13-11-24)20(26)15-4-2-5-16(22)14-15;/h2-7,14H,8-13H2,1H3;1H. The number of hydrogen-bond acceptors (Lipinski definition) is 7. The molecule has 11 heteroatoms. The molecule has 0 aliphatic carbocycles. The molecule has 0 bridgehead atoms. The summed E-state index contributed by atoms with van der Waals surface area (Å²) in [5, 5.41) is 0.383. The molecule has 0 saturated carbocycles. The lowest BCUT2D eigenvalue weighted by Crippen LogP contribution is -2.43. The Morgan fingerprint density at radius 1 is 1.22 bits per heavy atom. The number of rotatable bonds is 6. The van der Waals surface area contributed by atoms with Crippen molar-refractivity contribution in [3.63, 3.8) is 0 Å². The van der Waals surface area contributed by atoms with Gasteiger partial charge in [-0.25, -0.2) is 17.8 Å². The van der Waals surface area contributed by atoms with Crippen LogP contribution in [0.5, 0.6) is 0 Å². The number of ether oxygens (including phenoxy) is 1. The predicted octanol–water partition coefficient (Wildman–Crippen LogP) is 3.24. The van der Waals surface area contributed by atoms with E-state index in [1.54, 1.807) is 18.2 Å². The molecule has 0 spiro atoms. The van der Waals surface area contributed by atoms with Gasteiger partial charge in [0, 0.05) is 38.0 Å². The minimum atomic E-state index is -3.48. The number of para-hydroxylation sites is 1. The molecule has 1 aliphatic heterocycles. The average molecular weight is 500 g/mol. The van der Waals surface area contributed by atoms with Gasteiger partial charge in [-0.15, -0.1) is 12.4 Å². The summed E-state index contributed by atoms with van der Waals surface area (Å²) >= 11 is 1.24. The third-order valence-electron chi connectivity index (χ3n) is 5.06. The molecule has 32 heavy (non-hydrogen) atoms. The van der Waals surface area contributed by atoms with E-state index in [1.165, 1.54) is 40.5 Å². The Morgan fingerprint density at radius 3 is 2.62 bits per heavy atom. The number of aromatic nitrogens is 1. The van der Waals surface area contributed by atoms with Crippen molar-refractivity contribution in [1.82, 2.24) is 9.88 Å². The maximum Gasteiger partial charge on any atom is 0.260 e. The molecule has 1 aliphatic rings. The third kappa shape index (κ3) is 5.44. The first kappa shape index (κ1) is 24.5. The Kier molecular flexibility index (Phi) is 7.84. The SMILES string of the molecule is CS(=O)(=O)c1cccc2sc(N(CCN3CCOCC3)C(=O)c3cccc(F)c3)nc12.Cl. The molecule has 4 rings (SSSR count). The molecule has 1 fully saturated rings. The van der Waals surface area contributed by atoms with Crippen molar-refractivity contribution < 1.29 is 22.3 Å². The fourth-order valence-corrected chi connectivity index (χ4v) is 5.37. The number of nitrogens with zero attached hydrogens (tertiary/aromatic N) is 3. The summed E-state index contributed by atoms with van der Waals surface area (Å²) in [6.07, 6.45) is 1.13. The predicted molar refractivity (Wildman–Crippen MR) is 125 cm³/mol. The second-order valence-electron chi connectivity index (χ2n) is 7.29. The summed E-state index contributed by atoms with van der Waals surface area (Å²) in [7, 11) is -3.48. The van der Waals surface area contributed by atoms with E-state index < -0.39 is 15.7 Å². The Labute approximate surface area is 196 Å². The molecule has 0 unspecified atom stereocenters. The molecule has 1 amide bonds. The minimum absolute atomic E-state index is 0.